The molecule has 0 unspecified atom stereocenters. The summed E-state index contributed by atoms with van der Waals surface area (Å²) >= 11 is 1.50. The van der Waals surface area contributed by atoms with E-state index in [9.17, 15) is 4.79 Å². The Morgan fingerprint density at radius 2 is 2.00 bits per heavy atom. The van der Waals surface area contributed by atoms with Crippen molar-refractivity contribution in [2.24, 2.45) is 0 Å². The molecule has 6 nitrogen and oxygen atoms in total. The molecule has 1 aliphatic heterocycles. The number of carbonyl (C=O) groups is 1. The third-order valence-corrected chi connectivity index (χ3v) is 5.77. The smallest absolute Gasteiger partial charge is 0.230 e. The van der Waals surface area contributed by atoms with Crippen LogP contribution in [0.5, 0.6) is 0 Å². The molecule has 1 aromatic carbocycles. The van der Waals surface area contributed by atoms with Gasteiger partial charge in [-0.3, -0.25) is 9.69 Å². The first kappa shape index (κ1) is 21.0. The molecule has 2 aromatic rings. The van der Waals surface area contributed by atoms with Gasteiger partial charge < -0.3 is 10.1 Å². The Balaban J connectivity index is 1.61. The highest BCUT2D eigenvalue weighted by Crippen LogP contribution is 2.25. The Kier molecular flexibility index (Phi) is 8.51. The van der Waals surface area contributed by atoms with Crippen molar-refractivity contribution in [3.05, 3.63) is 30.1 Å². The number of ether oxygens (including phenoxy) is 1. The van der Waals surface area contributed by atoms with E-state index in [-0.39, 0.29) is 5.91 Å². The van der Waals surface area contributed by atoms with Gasteiger partial charge in [-0.05, 0) is 12.5 Å². The van der Waals surface area contributed by atoms with Crippen molar-refractivity contribution in [1.29, 1.82) is 0 Å². The van der Waals surface area contributed by atoms with Crippen LogP contribution < -0.4 is 5.32 Å². The van der Waals surface area contributed by atoms with E-state index in [4.69, 9.17) is 14.7 Å². The van der Waals surface area contributed by atoms with Crippen molar-refractivity contribution in [2.45, 2.75) is 44.2 Å². The zero-order valence-corrected chi connectivity index (χ0v) is 17.5. The van der Waals surface area contributed by atoms with Gasteiger partial charge in [0.15, 0.2) is 0 Å². The summed E-state index contributed by atoms with van der Waals surface area (Å²) in [6, 6.07) is 8.02. The number of fused-ring (bicyclic) bond motifs is 1. The van der Waals surface area contributed by atoms with E-state index in [1.807, 2.05) is 24.3 Å². The molecule has 1 amide bonds. The standard InChI is InChI=1S/C21H30N4O2S/c1-2-3-4-7-10-22-20(26)16-28-21-17-8-5-6-9-18(17)23-19(24-21)15-25-11-13-27-14-12-25/h5-6,8-9H,2-4,7,10-16H2,1H3,(H,22,26). The molecule has 1 aliphatic rings. The second-order valence-corrected chi connectivity index (χ2v) is 8.01. The van der Waals surface area contributed by atoms with Gasteiger partial charge in [0.2, 0.25) is 5.91 Å². The number of nitrogens with zero attached hydrogens (tertiary/aromatic N) is 3. The van der Waals surface area contributed by atoms with Gasteiger partial charge in [-0.2, -0.15) is 0 Å². The van der Waals surface area contributed by atoms with E-state index in [1.165, 1.54) is 31.0 Å². The van der Waals surface area contributed by atoms with Crippen molar-refractivity contribution in [3.8, 4) is 0 Å². The molecule has 28 heavy (non-hydrogen) atoms. The fraction of sp³-hybridized carbons (Fsp3) is 0.571. The van der Waals surface area contributed by atoms with Crippen molar-refractivity contribution in [2.75, 3.05) is 38.6 Å². The lowest BCUT2D eigenvalue weighted by Gasteiger charge is -2.25. The Morgan fingerprint density at radius 3 is 2.82 bits per heavy atom. The molecule has 1 saturated heterocycles. The number of unbranched alkanes of at least 4 members (excludes halogenated alkanes) is 3. The number of nitrogens with one attached hydrogen (secondary N) is 1. The Bertz CT molecular complexity index is 765. The Morgan fingerprint density at radius 1 is 1.18 bits per heavy atom. The maximum atomic E-state index is 12.2. The number of carbonyl (C=O) groups excluding carboxylic acids is 1. The molecule has 1 fully saturated rings. The lowest BCUT2D eigenvalue weighted by molar-refractivity contribution is -0.118. The third-order valence-electron chi connectivity index (χ3n) is 4.78. The number of hydrogen-bond acceptors (Lipinski definition) is 6. The minimum absolute atomic E-state index is 0.0684. The second-order valence-electron chi connectivity index (χ2n) is 7.05. The van der Waals surface area contributed by atoms with Crippen LogP contribution in [0.4, 0.5) is 0 Å². The van der Waals surface area contributed by atoms with Crippen molar-refractivity contribution < 1.29 is 9.53 Å². The van der Waals surface area contributed by atoms with E-state index in [1.54, 1.807) is 0 Å². The molecular formula is C21H30N4O2S. The minimum Gasteiger partial charge on any atom is -0.379 e. The lowest BCUT2D eigenvalue weighted by atomic mass is 10.2. The number of thioether (sulfide) groups is 1. The fourth-order valence-corrected chi connectivity index (χ4v) is 4.07. The first-order chi connectivity index (χ1) is 13.8. The molecule has 0 spiro atoms. The Hall–Kier alpha value is -1.70. The van der Waals surface area contributed by atoms with Crippen LogP contribution in [-0.2, 0) is 16.1 Å². The van der Waals surface area contributed by atoms with Crippen molar-refractivity contribution in [1.82, 2.24) is 20.2 Å². The number of morpholine rings is 1. The number of rotatable bonds is 10. The maximum Gasteiger partial charge on any atom is 0.230 e. The summed E-state index contributed by atoms with van der Waals surface area (Å²) in [7, 11) is 0. The van der Waals surface area contributed by atoms with E-state index in [2.05, 4.69) is 17.1 Å². The molecule has 0 atom stereocenters. The summed E-state index contributed by atoms with van der Waals surface area (Å²) in [5.74, 6) is 1.26. The summed E-state index contributed by atoms with van der Waals surface area (Å²) < 4.78 is 5.42. The lowest BCUT2D eigenvalue weighted by Crippen LogP contribution is -2.36. The largest absolute Gasteiger partial charge is 0.379 e. The number of benzene rings is 1. The van der Waals surface area contributed by atoms with E-state index in [0.29, 0.717) is 12.3 Å². The van der Waals surface area contributed by atoms with Crippen LogP contribution in [0.2, 0.25) is 0 Å². The van der Waals surface area contributed by atoms with Gasteiger partial charge in [-0.15, -0.1) is 0 Å². The normalized spacial score (nSPS) is 15.0. The number of amides is 1. The molecule has 0 saturated carbocycles. The van der Waals surface area contributed by atoms with Gasteiger partial charge in [0, 0.05) is 25.0 Å². The Labute approximate surface area is 171 Å². The molecule has 152 valence electrons. The molecule has 0 bridgehead atoms. The highest BCUT2D eigenvalue weighted by atomic mass is 32.2. The predicted octanol–water partition coefficient (Wildman–Crippen LogP) is 3.25. The van der Waals surface area contributed by atoms with Gasteiger partial charge in [0.1, 0.15) is 10.9 Å². The molecule has 0 aliphatic carbocycles. The highest BCUT2D eigenvalue weighted by molar-refractivity contribution is 8.00. The summed E-state index contributed by atoms with van der Waals surface area (Å²) in [4.78, 5) is 24.0. The zero-order valence-electron chi connectivity index (χ0n) is 16.7. The van der Waals surface area contributed by atoms with Crippen LogP contribution in [0, 0.1) is 0 Å². The van der Waals surface area contributed by atoms with Crippen LogP contribution >= 0.6 is 11.8 Å². The summed E-state index contributed by atoms with van der Waals surface area (Å²) in [5, 5.41) is 4.91. The van der Waals surface area contributed by atoms with Crippen molar-refractivity contribution in [3.63, 3.8) is 0 Å². The highest BCUT2D eigenvalue weighted by Gasteiger charge is 2.15. The summed E-state index contributed by atoms with van der Waals surface area (Å²) in [6.45, 7) is 6.98. The average Bonchev–Trinajstić information content (AvgIpc) is 2.72. The predicted molar refractivity (Wildman–Crippen MR) is 114 cm³/mol. The quantitative estimate of drug-likeness (QED) is 0.374. The zero-order chi connectivity index (χ0) is 19.6. The van der Waals surface area contributed by atoms with Crippen LogP contribution in [0.3, 0.4) is 0 Å². The second kappa shape index (κ2) is 11.3. The molecule has 1 aromatic heterocycles. The van der Waals surface area contributed by atoms with Crippen molar-refractivity contribution >= 4 is 28.6 Å². The van der Waals surface area contributed by atoms with E-state index in [0.717, 1.165) is 61.0 Å². The van der Waals surface area contributed by atoms with Gasteiger partial charge in [-0.1, -0.05) is 56.1 Å². The maximum absolute atomic E-state index is 12.2. The molecular weight excluding hydrogens is 372 g/mol. The molecule has 7 heteroatoms. The van der Waals surface area contributed by atoms with Gasteiger partial charge >= 0.3 is 0 Å². The minimum atomic E-state index is 0.0684. The first-order valence-electron chi connectivity index (χ1n) is 10.2. The monoisotopic (exact) mass is 402 g/mol. The molecule has 1 N–H and O–H groups in total. The topological polar surface area (TPSA) is 67.4 Å². The summed E-state index contributed by atoms with van der Waals surface area (Å²) in [6.07, 6.45) is 4.65. The van der Waals surface area contributed by atoms with Crippen LogP contribution in [0.25, 0.3) is 10.9 Å². The number of para-hydroxylation sites is 1. The summed E-state index contributed by atoms with van der Waals surface area (Å²) in [5.41, 5.74) is 0.934. The molecule has 3 rings (SSSR count). The molecule has 0 radical (unpaired) electrons. The van der Waals surface area contributed by atoms with Crippen LogP contribution in [0.15, 0.2) is 29.3 Å². The third kappa shape index (κ3) is 6.43. The van der Waals surface area contributed by atoms with Gasteiger partial charge in [-0.25, -0.2) is 9.97 Å². The van der Waals surface area contributed by atoms with Crippen LogP contribution in [0.1, 0.15) is 38.4 Å². The van der Waals surface area contributed by atoms with E-state index >= 15 is 0 Å². The van der Waals surface area contributed by atoms with E-state index < -0.39 is 0 Å². The SMILES string of the molecule is CCCCCCNC(=O)CSc1nc(CN2CCOCC2)nc2ccccc12. The number of hydrogen-bond donors (Lipinski definition) is 1. The first-order valence-corrected chi connectivity index (χ1v) is 11.2. The number of aromatic nitrogens is 2. The average molecular weight is 403 g/mol. The van der Waals surface area contributed by atoms with Gasteiger partial charge in [0.05, 0.1) is 31.0 Å². The fourth-order valence-electron chi connectivity index (χ4n) is 3.20. The van der Waals surface area contributed by atoms with Gasteiger partial charge in [0.25, 0.3) is 0 Å². The molecule has 2 heterocycles. The van der Waals surface area contributed by atoms with Crippen LogP contribution in [-0.4, -0.2) is 59.4 Å².